The summed E-state index contributed by atoms with van der Waals surface area (Å²) < 4.78 is 5.32. The maximum Gasteiger partial charge on any atom is 0.233 e. The van der Waals surface area contributed by atoms with Crippen molar-refractivity contribution in [2.24, 2.45) is 0 Å². The second-order valence-corrected chi connectivity index (χ2v) is 8.46. The molecule has 0 unspecified atom stereocenters. The van der Waals surface area contributed by atoms with Gasteiger partial charge >= 0.3 is 0 Å². The number of carbonyl (C=O) groups excluding carboxylic acids is 1. The maximum atomic E-state index is 14.0. The molecule has 1 saturated carbocycles. The lowest BCUT2D eigenvalue weighted by Crippen LogP contribution is -2.45. The van der Waals surface area contributed by atoms with Crippen LogP contribution in [0.15, 0.2) is 48.8 Å². The minimum atomic E-state index is -0.457. The number of H-pyrrole nitrogens is 1. The van der Waals surface area contributed by atoms with Gasteiger partial charge in [-0.1, -0.05) is 25.0 Å². The molecule has 7 heteroatoms. The van der Waals surface area contributed by atoms with Gasteiger partial charge in [0.05, 0.1) is 18.6 Å². The molecule has 1 aliphatic carbocycles. The molecular weight excluding hydrogens is 390 g/mol. The number of hydrogen-bond donors (Lipinski definition) is 1. The summed E-state index contributed by atoms with van der Waals surface area (Å²) in [5, 5.41) is 7.48. The average molecular weight is 418 g/mol. The number of aromatic nitrogens is 4. The van der Waals surface area contributed by atoms with E-state index in [0.29, 0.717) is 5.82 Å². The fourth-order valence-corrected chi connectivity index (χ4v) is 5.13. The zero-order valence-electron chi connectivity index (χ0n) is 17.8. The first-order valence-corrected chi connectivity index (χ1v) is 11.0. The Labute approximate surface area is 181 Å². The Kier molecular flexibility index (Phi) is 5.18. The molecule has 1 N–H and O–H groups in total. The Bertz CT molecular complexity index is 1040. The van der Waals surface area contributed by atoms with Crippen LogP contribution in [-0.2, 0) is 10.2 Å². The molecule has 3 aromatic rings. The molecule has 5 rings (SSSR count). The number of pyridine rings is 1. The third-order valence-electron chi connectivity index (χ3n) is 6.76. The van der Waals surface area contributed by atoms with E-state index in [0.717, 1.165) is 67.8 Å². The van der Waals surface area contributed by atoms with E-state index in [4.69, 9.17) is 9.72 Å². The number of ether oxygens (including phenoxy) is 1. The third-order valence-corrected chi connectivity index (χ3v) is 6.76. The van der Waals surface area contributed by atoms with E-state index in [1.54, 1.807) is 19.5 Å². The van der Waals surface area contributed by atoms with Gasteiger partial charge in [0.2, 0.25) is 5.91 Å². The normalized spacial score (nSPS) is 20.2. The summed E-state index contributed by atoms with van der Waals surface area (Å²) in [5.41, 5.74) is 1.50. The lowest BCUT2D eigenvalue weighted by Gasteiger charge is -2.35. The summed E-state index contributed by atoms with van der Waals surface area (Å²) in [4.78, 5) is 24.9. The van der Waals surface area contributed by atoms with Gasteiger partial charge in [0.15, 0.2) is 5.82 Å². The topological polar surface area (TPSA) is 84.0 Å². The number of methoxy groups -OCH3 is 1. The van der Waals surface area contributed by atoms with Crippen LogP contribution < -0.4 is 4.74 Å². The summed E-state index contributed by atoms with van der Waals surface area (Å²) in [6, 6.07) is 11.8. The van der Waals surface area contributed by atoms with Gasteiger partial charge in [-0.2, -0.15) is 5.10 Å². The molecule has 1 aliphatic heterocycles. The number of hydrogen-bond acceptors (Lipinski definition) is 5. The predicted octanol–water partition coefficient (Wildman–Crippen LogP) is 4.05. The van der Waals surface area contributed by atoms with E-state index in [1.807, 2.05) is 29.2 Å². The Hall–Kier alpha value is -3.22. The highest BCUT2D eigenvalue weighted by atomic mass is 16.5. The smallest absolute Gasteiger partial charge is 0.233 e. The molecule has 1 amide bonds. The van der Waals surface area contributed by atoms with Crippen LogP contribution in [0.25, 0.3) is 11.4 Å². The molecule has 0 radical (unpaired) electrons. The summed E-state index contributed by atoms with van der Waals surface area (Å²) >= 11 is 0. The first kappa shape index (κ1) is 19.7. The first-order chi connectivity index (χ1) is 15.2. The van der Waals surface area contributed by atoms with Crippen molar-refractivity contribution in [2.75, 3.05) is 13.7 Å². The lowest BCUT2D eigenvalue weighted by molar-refractivity contribution is -0.138. The summed E-state index contributed by atoms with van der Waals surface area (Å²) in [5.74, 6) is 2.41. The van der Waals surface area contributed by atoms with Crippen LogP contribution in [0, 0.1) is 0 Å². The highest BCUT2D eigenvalue weighted by Gasteiger charge is 2.48. The van der Waals surface area contributed by atoms with Crippen molar-refractivity contribution in [3.63, 3.8) is 0 Å². The molecule has 1 saturated heterocycles. The molecule has 160 valence electrons. The molecule has 0 spiro atoms. The van der Waals surface area contributed by atoms with Crippen LogP contribution in [0.3, 0.4) is 0 Å². The summed E-state index contributed by atoms with van der Waals surface area (Å²) in [7, 11) is 1.66. The summed E-state index contributed by atoms with van der Waals surface area (Å²) in [6.45, 7) is 0.754. The Balaban J connectivity index is 1.44. The number of carbonyl (C=O) groups is 1. The van der Waals surface area contributed by atoms with Crippen molar-refractivity contribution in [3.8, 4) is 17.1 Å². The maximum absolute atomic E-state index is 14.0. The van der Waals surface area contributed by atoms with E-state index in [1.165, 1.54) is 0 Å². The lowest BCUT2D eigenvalue weighted by atomic mass is 9.77. The van der Waals surface area contributed by atoms with Crippen LogP contribution in [0.2, 0.25) is 0 Å². The van der Waals surface area contributed by atoms with Crippen molar-refractivity contribution in [1.29, 1.82) is 0 Å². The van der Waals surface area contributed by atoms with Crippen LogP contribution in [0.5, 0.6) is 5.75 Å². The van der Waals surface area contributed by atoms with E-state index in [-0.39, 0.29) is 11.9 Å². The van der Waals surface area contributed by atoms with E-state index < -0.39 is 5.41 Å². The van der Waals surface area contributed by atoms with Gasteiger partial charge in [0.1, 0.15) is 11.6 Å². The molecule has 3 heterocycles. The molecule has 1 atom stereocenters. The Morgan fingerprint density at radius 1 is 1.16 bits per heavy atom. The SMILES string of the molecule is COc1ccc(C2(C(=O)N3CCC[C@H]3c3nc(-c4cccnc4)n[nH]3)CCCC2)cc1. The standard InChI is InChI=1S/C24H27N5O2/c1-31-19-10-8-18(9-11-19)24(12-2-3-13-24)23(30)29-15-5-7-20(29)22-26-21(27-28-22)17-6-4-14-25-16-17/h4,6,8-11,14,16,20H,2-3,5,7,12-13,15H2,1H3,(H,26,27,28)/t20-/m0/s1. The van der Waals surface area contributed by atoms with Gasteiger partial charge in [0, 0.05) is 24.5 Å². The number of likely N-dealkylation sites (tertiary alicyclic amines) is 1. The highest BCUT2D eigenvalue weighted by molar-refractivity contribution is 5.89. The van der Waals surface area contributed by atoms with Crippen molar-refractivity contribution < 1.29 is 9.53 Å². The van der Waals surface area contributed by atoms with Gasteiger partial charge in [-0.05, 0) is 55.5 Å². The number of rotatable bonds is 5. The quantitative estimate of drug-likeness (QED) is 0.677. The molecule has 2 aromatic heterocycles. The fourth-order valence-electron chi connectivity index (χ4n) is 5.13. The molecule has 31 heavy (non-hydrogen) atoms. The third kappa shape index (κ3) is 3.48. The van der Waals surface area contributed by atoms with Crippen LogP contribution >= 0.6 is 0 Å². The number of nitrogens with zero attached hydrogens (tertiary/aromatic N) is 4. The number of amides is 1. The molecule has 2 fully saturated rings. The van der Waals surface area contributed by atoms with E-state index >= 15 is 0 Å². The van der Waals surface area contributed by atoms with Gasteiger partial charge in [-0.3, -0.25) is 14.9 Å². The zero-order chi connectivity index (χ0) is 21.3. The van der Waals surface area contributed by atoms with Gasteiger partial charge in [0.25, 0.3) is 0 Å². The van der Waals surface area contributed by atoms with Crippen LogP contribution in [0.1, 0.15) is 56.0 Å². The van der Waals surface area contributed by atoms with Gasteiger partial charge in [-0.25, -0.2) is 4.98 Å². The van der Waals surface area contributed by atoms with Crippen molar-refractivity contribution >= 4 is 5.91 Å². The first-order valence-electron chi connectivity index (χ1n) is 11.0. The predicted molar refractivity (Wildman–Crippen MR) is 116 cm³/mol. The molecular formula is C24H27N5O2. The van der Waals surface area contributed by atoms with Crippen LogP contribution in [-0.4, -0.2) is 44.6 Å². The Morgan fingerprint density at radius 3 is 2.68 bits per heavy atom. The largest absolute Gasteiger partial charge is 0.497 e. The Morgan fingerprint density at radius 2 is 1.97 bits per heavy atom. The van der Waals surface area contributed by atoms with Crippen molar-refractivity contribution in [2.45, 2.75) is 50.0 Å². The summed E-state index contributed by atoms with van der Waals surface area (Å²) in [6.07, 6.45) is 9.27. The fraction of sp³-hybridized carbons (Fsp3) is 0.417. The highest BCUT2D eigenvalue weighted by Crippen LogP contribution is 2.45. The minimum absolute atomic E-state index is 0.0684. The van der Waals surface area contributed by atoms with E-state index in [2.05, 4.69) is 27.3 Å². The monoisotopic (exact) mass is 417 g/mol. The molecule has 2 aliphatic rings. The second-order valence-electron chi connectivity index (χ2n) is 8.46. The average Bonchev–Trinajstić information content (AvgIpc) is 3.60. The number of benzene rings is 1. The second kappa shape index (κ2) is 8.13. The van der Waals surface area contributed by atoms with Crippen molar-refractivity contribution in [3.05, 3.63) is 60.2 Å². The van der Waals surface area contributed by atoms with Gasteiger partial charge in [-0.15, -0.1) is 0 Å². The molecule has 0 bridgehead atoms. The number of aromatic amines is 1. The molecule has 1 aromatic carbocycles. The van der Waals surface area contributed by atoms with Crippen LogP contribution in [0.4, 0.5) is 0 Å². The minimum Gasteiger partial charge on any atom is -0.497 e. The molecule has 7 nitrogen and oxygen atoms in total. The van der Waals surface area contributed by atoms with E-state index in [9.17, 15) is 4.79 Å². The number of nitrogens with one attached hydrogen (secondary N) is 1. The zero-order valence-corrected chi connectivity index (χ0v) is 17.8. The van der Waals surface area contributed by atoms with Crippen molar-refractivity contribution in [1.82, 2.24) is 25.1 Å². The van der Waals surface area contributed by atoms with Gasteiger partial charge < -0.3 is 9.64 Å².